The van der Waals surface area contributed by atoms with Crippen LogP contribution in [0.25, 0.3) is 10.8 Å². The van der Waals surface area contributed by atoms with E-state index in [0.717, 1.165) is 16.3 Å². The molecule has 0 aliphatic heterocycles. The molecule has 0 heterocycles. The molecular weight excluding hydrogens is 188 g/mol. The molecule has 1 N–H and O–H groups in total. The number of hydrogen-bond donors (Lipinski definition) is 1. The molecule has 15 heavy (non-hydrogen) atoms. The zero-order valence-corrected chi connectivity index (χ0v) is 7.97. The zero-order valence-electron chi connectivity index (χ0n) is 7.97. The second-order valence-corrected chi connectivity index (χ2v) is 3.18. The average molecular weight is 197 g/mol. The predicted octanol–water partition coefficient (Wildman–Crippen LogP) is 0.870. The fraction of sp³-hybridized carbons (Fsp3) is 0.0769. The van der Waals surface area contributed by atoms with E-state index in [1.807, 2.05) is 42.5 Å². The van der Waals surface area contributed by atoms with Crippen molar-refractivity contribution in [1.29, 1.82) is 0 Å². The van der Waals surface area contributed by atoms with Crippen LogP contribution in [0.1, 0.15) is 5.56 Å². The van der Waals surface area contributed by atoms with E-state index in [0.29, 0.717) is 0 Å². The highest BCUT2D eigenvalue weighted by atomic mass is 16.5. The Morgan fingerprint density at radius 2 is 1.80 bits per heavy atom. The highest BCUT2D eigenvalue weighted by Crippen LogP contribution is 2.14. The van der Waals surface area contributed by atoms with Crippen molar-refractivity contribution in [2.75, 3.05) is 0 Å². The first-order chi connectivity index (χ1) is 7.25. The summed E-state index contributed by atoms with van der Waals surface area (Å²) in [6.45, 7) is 0. The van der Waals surface area contributed by atoms with Gasteiger partial charge in [-0.25, -0.2) is 0 Å². The fourth-order valence-electron chi connectivity index (χ4n) is 1.41. The molecule has 0 saturated heterocycles. The van der Waals surface area contributed by atoms with Gasteiger partial charge in [0, 0.05) is 11.9 Å². The molecule has 0 amide bonds. The molecule has 2 nitrogen and oxygen atoms in total. The molecule has 0 radical (unpaired) electrons. The lowest BCUT2D eigenvalue weighted by molar-refractivity contribution is -0.459. The monoisotopic (exact) mass is 197 g/mol. The Morgan fingerprint density at radius 3 is 2.53 bits per heavy atom. The molecule has 2 aromatic rings. The lowest BCUT2D eigenvalue weighted by Crippen LogP contribution is -2.21. The van der Waals surface area contributed by atoms with Gasteiger partial charge in [0.25, 0.3) is 0 Å². The van der Waals surface area contributed by atoms with E-state index in [9.17, 15) is 5.11 Å². The quantitative estimate of drug-likeness (QED) is 0.503. The van der Waals surface area contributed by atoms with Gasteiger partial charge in [-0.2, -0.15) is 0 Å². The maximum Gasteiger partial charge on any atom is 0.0427 e. The summed E-state index contributed by atoms with van der Waals surface area (Å²) >= 11 is 0. The third kappa shape index (κ3) is 2.35. The van der Waals surface area contributed by atoms with Gasteiger partial charge in [0.1, 0.15) is 0 Å². The molecule has 0 aliphatic rings. The molecule has 1 unspecified atom stereocenters. The third-order valence-corrected chi connectivity index (χ3v) is 2.09. The minimum atomic E-state index is -1.82. The van der Waals surface area contributed by atoms with E-state index in [1.54, 1.807) is 0 Å². The minimum absolute atomic E-state index is 0.739. The first-order valence-corrected chi connectivity index (χ1v) is 4.60. The maximum absolute atomic E-state index is 10.3. The molecule has 0 fully saturated rings. The van der Waals surface area contributed by atoms with Crippen LogP contribution < -0.4 is 5.11 Å². The molecule has 0 aromatic heterocycles. The Balaban J connectivity index is 2.44. The van der Waals surface area contributed by atoms with Gasteiger partial charge in [-0.1, -0.05) is 42.2 Å². The standard InChI is InChI=1S/C13H9O2/c14-13(15)8-6-10-5-7-11-3-1-2-4-12(11)9-10/h1-5,7,9,13-14H/q-1. The van der Waals surface area contributed by atoms with Crippen molar-refractivity contribution < 1.29 is 10.2 Å². The molecule has 2 aromatic carbocycles. The van der Waals surface area contributed by atoms with Gasteiger partial charge in [0.15, 0.2) is 0 Å². The van der Waals surface area contributed by atoms with Gasteiger partial charge in [0.2, 0.25) is 0 Å². The van der Waals surface area contributed by atoms with Crippen molar-refractivity contribution in [3.8, 4) is 11.8 Å². The predicted molar refractivity (Wildman–Crippen MR) is 56.8 cm³/mol. The Labute approximate surface area is 87.8 Å². The SMILES string of the molecule is [O-]C(O)C#Cc1ccc2ccccc2c1. The molecule has 2 rings (SSSR count). The lowest BCUT2D eigenvalue weighted by atomic mass is 10.1. The van der Waals surface area contributed by atoms with Gasteiger partial charge in [-0.3, -0.25) is 0 Å². The van der Waals surface area contributed by atoms with E-state index in [1.165, 1.54) is 0 Å². The molecule has 0 saturated carbocycles. The van der Waals surface area contributed by atoms with E-state index in [2.05, 4.69) is 11.8 Å². The maximum atomic E-state index is 10.3. The van der Waals surface area contributed by atoms with Crippen LogP contribution in [-0.2, 0) is 0 Å². The van der Waals surface area contributed by atoms with Crippen molar-refractivity contribution in [3.05, 3.63) is 48.0 Å². The summed E-state index contributed by atoms with van der Waals surface area (Å²) in [5.74, 6) is 4.80. The summed E-state index contributed by atoms with van der Waals surface area (Å²) in [5.41, 5.74) is 0.739. The van der Waals surface area contributed by atoms with Gasteiger partial charge in [0.05, 0.1) is 0 Å². The highest BCUT2D eigenvalue weighted by molar-refractivity contribution is 5.83. The second-order valence-electron chi connectivity index (χ2n) is 3.18. The van der Waals surface area contributed by atoms with E-state index in [4.69, 9.17) is 5.11 Å². The molecule has 2 heteroatoms. The lowest BCUT2D eigenvalue weighted by Gasteiger charge is -2.03. The van der Waals surface area contributed by atoms with Crippen molar-refractivity contribution in [2.24, 2.45) is 0 Å². The van der Waals surface area contributed by atoms with Crippen LogP contribution in [0.4, 0.5) is 0 Å². The first-order valence-electron chi connectivity index (χ1n) is 4.60. The topological polar surface area (TPSA) is 43.3 Å². The average Bonchev–Trinajstić information content (AvgIpc) is 2.26. The minimum Gasteiger partial charge on any atom is -0.821 e. The normalized spacial score (nSPS) is 11.9. The summed E-state index contributed by atoms with van der Waals surface area (Å²) in [6.07, 6.45) is -1.82. The largest absolute Gasteiger partial charge is 0.821 e. The van der Waals surface area contributed by atoms with E-state index < -0.39 is 6.29 Å². The third-order valence-electron chi connectivity index (χ3n) is 2.09. The Kier molecular flexibility index (Phi) is 2.68. The Hall–Kier alpha value is -1.82. The molecule has 0 spiro atoms. The number of rotatable bonds is 0. The van der Waals surface area contributed by atoms with Crippen LogP contribution in [0.3, 0.4) is 0 Å². The van der Waals surface area contributed by atoms with Crippen LogP contribution in [0, 0.1) is 11.8 Å². The van der Waals surface area contributed by atoms with Crippen LogP contribution in [0.2, 0.25) is 0 Å². The Morgan fingerprint density at radius 1 is 1.07 bits per heavy atom. The van der Waals surface area contributed by atoms with Crippen molar-refractivity contribution >= 4 is 10.8 Å². The highest BCUT2D eigenvalue weighted by Gasteiger charge is 1.92. The molecule has 0 aliphatic carbocycles. The summed E-state index contributed by atoms with van der Waals surface area (Å²) in [4.78, 5) is 0. The van der Waals surface area contributed by atoms with Gasteiger partial charge in [-0.15, -0.1) is 0 Å². The molecule has 1 atom stereocenters. The molecule has 0 bridgehead atoms. The summed E-state index contributed by atoms with van der Waals surface area (Å²) < 4.78 is 0. The first kappa shape index (κ1) is 9.72. The van der Waals surface area contributed by atoms with E-state index >= 15 is 0 Å². The molecule has 74 valence electrons. The number of aliphatic hydroxyl groups is 1. The van der Waals surface area contributed by atoms with Crippen molar-refractivity contribution in [1.82, 2.24) is 0 Å². The fourth-order valence-corrected chi connectivity index (χ4v) is 1.41. The van der Waals surface area contributed by atoms with Gasteiger partial charge >= 0.3 is 0 Å². The summed E-state index contributed by atoms with van der Waals surface area (Å²) in [6, 6.07) is 13.6. The van der Waals surface area contributed by atoms with Crippen molar-refractivity contribution in [3.63, 3.8) is 0 Å². The van der Waals surface area contributed by atoms with E-state index in [-0.39, 0.29) is 0 Å². The van der Waals surface area contributed by atoms with Crippen LogP contribution in [0.15, 0.2) is 42.5 Å². The molecular formula is C13H9O2-. The second kappa shape index (κ2) is 4.14. The van der Waals surface area contributed by atoms with Crippen LogP contribution >= 0.6 is 0 Å². The van der Waals surface area contributed by atoms with Gasteiger partial charge in [-0.05, 0) is 22.9 Å². The number of aliphatic hydroxyl groups excluding tert-OH is 1. The van der Waals surface area contributed by atoms with Crippen LogP contribution in [0.5, 0.6) is 0 Å². The zero-order chi connectivity index (χ0) is 10.7. The summed E-state index contributed by atoms with van der Waals surface area (Å²) in [7, 11) is 0. The van der Waals surface area contributed by atoms with Gasteiger partial charge < -0.3 is 10.2 Å². The van der Waals surface area contributed by atoms with Crippen LogP contribution in [-0.4, -0.2) is 11.4 Å². The smallest absolute Gasteiger partial charge is 0.0427 e. The Bertz CT molecular complexity index is 533. The van der Waals surface area contributed by atoms with Crippen molar-refractivity contribution in [2.45, 2.75) is 6.29 Å². The number of benzene rings is 2. The number of fused-ring (bicyclic) bond motifs is 1. The number of hydrogen-bond acceptors (Lipinski definition) is 2. The summed E-state index contributed by atoms with van der Waals surface area (Å²) in [5, 5.41) is 21.0.